The Bertz CT molecular complexity index is 1100. The fourth-order valence-electron chi connectivity index (χ4n) is 2.75. The van der Waals surface area contributed by atoms with Crippen LogP contribution in [0.3, 0.4) is 0 Å². The molecule has 0 unspecified atom stereocenters. The van der Waals surface area contributed by atoms with Gasteiger partial charge >= 0.3 is 0 Å². The van der Waals surface area contributed by atoms with Crippen molar-refractivity contribution in [1.29, 1.82) is 0 Å². The molecule has 1 aliphatic heterocycles. The van der Waals surface area contributed by atoms with Gasteiger partial charge in [0.15, 0.2) is 17.1 Å². The van der Waals surface area contributed by atoms with Crippen molar-refractivity contribution in [3.8, 4) is 11.5 Å². The van der Waals surface area contributed by atoms with E-state index in [1.807, 2.05) is 0 Å². The van der Waals surface area contributed by atoms with E-state index in [4.69, 9.17) is 19.6 Å². The average molecular weight is 353 g/mol. The minimum Gasteiger partial charge on any atom is -0.454 e. The van der Waals surface area contributed by atoms with E-state index in [0.29, 0.717) is 39.4 Å². The number of hydrogen-bond acceptors (Lipinski definition) is 7. The lowest BCUT2D eigenvalue weighted by Crippen LogP contribution is -2.22. The second-order valence-electron chi connectivity index (χ2n) is 5.75. The van der Waals surface area contributed by atoms with E-state index in [1.54, 1.807) is 31.2 Å². The molecule has 26 heavy (non-hydrogen) atoms. The summed E-state index contributed by atoms with van der Waals surface area (Å²) in [5.74, 6) is 0.503. The minimum atomic E-state index is -0.687. The lowest BCUT2D eigenvalue weighted by Gasteiger charge is -2.07. The molecule has 0 saturated carbocycles. The van der Waals surface area contributed by atoms with E-state index in [9.17, 15) is 9.90 Å². The van der Waals surface area contributed by atoms with Crippen LogP contribution in [0, 0.1) is 6.92 Å². The van der Waals surface area contributed by atoms with E-state index in [1.165, 1.54) is 6.20 Å². The van der Waals surface area contributed by atoms with Crippen LogP contribution in [0.2, 0.25) is 0 Å². The average Bonchev–Trinajstić information content (AvgIpc) is 3.09. The number of primary amides is 1. The zero-order valence-corrected chi connectivity index (χ0v) is 13.9. The number of aliphatic hydroxyl groups is 1. The summed E-state index contributed by atoms with van der Waals surface area (Å²) in [7, 11) is 0. The predicted molar refractivity (Wildman–Crippen MR) is 91.0 cm³/mol. The molecule has 1 amide bonds. The zero-order valence-electron chi connectivity index (χ0n) is 13.9. The molecule has 8 heteroatoms. The number of carbonyl (C=O) groups excluding carboxylic acids is 1. The Morgan fingerprint density at radius 2 is 2.12 bits per heavy atom. The Balaban J connectivity index is 1.97. The molecule has 3 aromatic rings. The van der Waals surface area contributed by atoms with Crippen LogP contribution in [0.4, 0.5) is 5.69 Å². The van der Waals surface area contributed by atoms with Crippen LogP contribution in [0.25, 0.3) is 11.0 Å². The Morgan fingerprint density at radius 3 is 2.88 bits per heavy atom. The predicted octanol–water partition coefficient (Wildman–Crippen LogP) is 1.69. The molecule has 0 radical (unpaired) electrons. The van der Waals surface area contributed by atoms with Crippen LogP contribution in [-0.2, 0) is 6.61 Å². The summed E-state index contributed by atoms with van der Waals surface area (Å²) in [5.41, 5.74) is 7.75. The third kappa shape index (κ3) is 2.66. The summed E-state index contributed by atoms with van der Waals surface area (Å²) in [4.78, 5) is 20.5. The van der Waals surface area contributed by atoms with Gasteiger partial charge in [0, 0.05) is 23.2 Å². The molecule has 0 fully saturated rings. The van der Waals surface area contributed by atoms with E-state index in [0.717, 1.165) is 0 Å². The van der Waals surface area contributed by atoms with Crippen molar-refractivity contribution >= 4 is 22.6 Å². The molecular formula is C18H15N3O5. The van der Waals surface area contributed by atoms with Crippen molar-refractivity contribution in [2.24, 2.45) is 10.7 Å². The normalized spacial score (nSPS) is 13.4. The summed E-state index contributed by atoms with van der Waals surface area (Å²) in [6.45, 7) is 1.68. The molecule has 4 rings (SSSR count). The Kier molecular flexibility index (Phi) is 3.81. The van der Waals surface area contributed by atoms with E-state index < -0.39 is 5.91 Å². The maximum atomic E-state index is 11.9. The van der Waals surface area contributed by atoms with Crippen molar-refractivity contribution in [2.75, 3.05) is 6.79 Å². The van der Waals surface area contributed by atoms with Crippen molar-refractivity contribution in [3.05, 3.63) is 52.8 Å². The molecule has 0 spiro atoms. The molecule has 0 aliphatic carbocycles. The summed E-state index contributed by atoms with van der Waals surface area (Å²) in [5, 5.41) is 10.1. The van der Waals surface area contributed by atoms with Gasteiger partial charge in [0.2, 0.25) is 12.3 Å². The standard InChI is InChI=1S/C18H15N3O5/c1-9-16-12(10(7-22)6-20-9)5-13(17(19)23)18(26-16)21-11-2-3-14-15(4-11)25-8-24-14/h2-6,22H,7-8H2,1H3,(H2,19,23). The number of aromatic nitrogens is 1. The highest BCUT2D eigenvalue weighted by Gasteiger charge is 2.16. The van der Waals surface area contributed by atoms with Gasteiger partial charge in [-0.15, -0.1) is 0 Å². The van der Waals surface area contributed by atoms with Crippen LogP contribution in [0.15, 0.2) is 39.9 Å². The number of hydrogen-bond donors (Lipinski definition) is 2. The summed E-state index contributed by atoms with van der Waals surface area (Å²) >= 11 is 0. The smallest absolute Gasteiger partial charge is 0.254 e. The first-order valence-corrected chi connectivity index (χ1v) is 7.84. The number of pyridine rings is 1. The number of aryl methyl sites for hydroxylation is 1. The largest absolute Gasteiger partial charge is 0.454 e. The molecule has 3 N–H and O–H groups in total. The second-order valence-corrected chi connectivity index (χ2v) is 5.75. The van der Waals surface area contributed by atoms with Gasteiger partial charge in [-0.05, 0) is 25.1 Å². The summed E-state index contributed by atoms with van der Waals surface area (Å²) in [6.07, 6.45) is 1.53. The number of nitrogens with two attached hydrogens (primary N) is 1. The van der Waals surface area contributed by atoms with Crippen LogP contribution < -0.4 is 20.8 Å². The number of amides is 1. The monoisotopic (exact) mass is 353 g/mol. The molecule has 1 aromatic carbocycles. The third-order valence-corrected chi connectivity index (χ3v) is 4.07. The topological polar surface area (TPSA) is 120 Å². The van der Waals surface area contributed by atoms with Crippen molar-refractivity contribution in [1.82, 2.24) is 4.98 Å². The second kappa shape index (κ2) is 6.16. The lowest BCUT2D eigenvalue weighted by molar-refractivity contribution is 0.0996. The first kappa shape index (κ1) is 16.1. The number of benzene rings is 1. The minimum absolute atomic E-state index is 0.0591. The number of carbonyl (C=O) groups is 1. The molecule has 3 heterocycles. The maximum Gasteiger partial charge on any atom is 0.254 e. The highest BCUT2D eigenvalue weighted by molar-refractivity contribution is 5.96. The van der Waals surface area contributed by atoms with Gasteiger partial charge in [0.05, 0.1) is 18.0 Å². The molecule has 8 nitrogen and oxygen atoms in total. The van der Waals surface area contributed by atoms with Gasteiger partial charge < -0.3 is 24.7 Å². The van der Waals surface area contributed by atoms with Crippen molar-refractivity contribution < 1.29 is 23.8 Å². The van der Waals surface area contributed by atoms with Crippen molar-refractivity contribution in [2.45, 2.75) is 13.5 Å². The van der Waals surface area contributed by atoms with Gasteiger partial charge in [0.1, 0.15) is 5.56 Å². The molecule has 0 bridgehead atoms. The number of ether oxygens (including phenoxy) is 2. The molecular weight excluding hydrogens is 338 g/mol. The fraction of sp³-hybridized carbons (Fsp3) is 0.167. The first-order valence-electron chi connectivity index (χ1n) is 7.84. The van der Waals surface area contributed by atoms with E-state index in [-0.39, 0.29) is 24.5 Å². The Hall–Kier alpha value is -3.39. The first-order chi connectivity index (χ1) is 12.6. The highest BCUT2D eigenvalue weighted by Crippen LogP contribution is 2.35. The van der Waals surface area contributed by atoms with E-state index >= 15 is 0 Å². The number of aliphatic hydroxyl groups excluding tert-OH is 1. The maximum absolute atomic E-state index is 11.9. The molecule has 0 atom stereocenters. The Labute approximate surface area is 147 Å². The molecule has 0 saturated heterocycles. The SMILES string of the molecule is Cc1ncc(CO)c2cc(C(N)=O)c(=Nc3ccc4c(c3)OCO4)oc12. The van der Waals surface area contributed by atoms with Gasteiger partial charge in [-0.2, -0.15) is 0 Å². The van der Waals surface area contributed by atoms with Crippen molar-refractivity contribution in [3.63, 3.8) is 0 Å². The molecule has 132 valence electrons. The number of nitrogens with zero attached hydrogens (tertiary/aromatic N) is 2. The van der Waals surface area contributed by atoms with E-state index in [2.05, 4.69) is 9.98 Å². The van der Waals surface area contributed by atoms with Crippen LogP contribution in [-0.4, -0.2) is 22.8 Å². The van der Waals surface area contributed by atoms with Crippen LogP contribution in [0.1, 0.15) is 21.6 Å². The molecule has 2 aromatic heterocycles. The lowest BCUT2D eigenvalue weighted by atomic mass is 10.1. The number of fused-ring (bicyclic) bond motifs is 2. The Morgan fingerprint density at radius 1 is 1.31 bits per heavy atom. The summed E-state index contributed by atoms with van der Waals surface area (Å²) < 4.78 is 16.4. The van der Waals surface area contributed by atoms with Gasteiger partial charge in [-0.1, -0.05) is 0 Å². The third-order valence-electron chi connectivity index (χ3n) is 4.07. The van der Waals surface area contributed by atoms with Gasteiger partial charge in [-0.3, -0.25) is 9.78 Å². The summed E-state index contributed by atoms with van der Waals surface area (Å²) in [6, 6.07) is 6.69. The van der Waals surface area contributed by atoms with Gasteiger partial charge in [-0.25, -0.2) is 4.99 Å². The molecule has 1 aliphatic rings. The highest BCUT2D eigenvalue weighted by atomic mass is 16.7. The van der Waals surface area contributed by atoms with Crippen LogP contribution >= 0.6 is 0 Å². The zero-order chi connectivity index (χ0) is 18.3. The number of rotatable bonds is 3. The fourth-order valence-corrected chi connectivity index (χ4v) is 2.75. The van der Waals surface area contributed by atoms with Crippen LogP contribution in [0.5, 0.6) is 11.5 Å². The quantitative estimate of drug-likeness (QED) is 0.739. The van der Waals surface area contributed by atoms with Gasteiger partial charge in [0.25, 0.3) is 5.91 Å².